The highest BCUT2D eigenvalue weighted by atomic mass is 16.2. The van der Waals surface area contributed by atoms with Crippen molar-refractivity contribution in [3.05, 3.63) is 23.9 Å². The number of carbonyl (C=O) groups excluding carboxylic acids is 1. The number of nitrogens with one attached hydrogen (secondary N) is 2. The van der Waals surface area contributed by atoms with Crippen LogP contribution in [-0.4, -0.2) is 42.0 Å². The third-order valence-electron chi connectivity index (χ3n) is 3.13. The van der Waals surface area contributed by atoms with Crippen LogP contribution in [0.3, 0.4) is 0 Å². The number of pyridine rings is 1. The number of rotatable bonds is 5. The van der Waals surface area contributed by atoms with Crippen molar-refractivity contribution in [1.82, 2.24) is 15.2 Å². The van der Waals surface area contributed by atoms with E-state index >= 15 is 0 Å². The Bertz CT molecular complexity index is 422. The molecule has 0 aromatic carbocycles. The Balaban J connectivity index is 1.95. The van der Waals surface area contributed by atoms with E-state index in [1.807, 2.05) is 12.3 Å². The van der Waals surface area contributed by atoms with E-state index in [0.717, 1.165) is 44.8 Å². The third-order valence-corrected chi connectivity index (χ3v) is 3.13. The van der Waals surface area contributed by atoms with E-state index in [-0.39, 0.29) is 5.91 Å². The molecule has 1 aliphatic heterocycles. The fraction of sp³-hybridized carbons (Fsp3) is 0.571. The molecule has 0 radical (unpaired) electrons. The first-order valence-corrected chi connectivity index (χ1v) is 6.96. The fourth-order valence-electron chi connectivity index (χ4n) is 2.18. The Morgan fingerprint density at radius 3 is 3.26 bits per heavy atom. The van der Waals surface area contributed by atoms with Gasteiger partial charge in [-0.15, -0.1) is 0 Å². The minimum absolute atomic E-state index is 0.121. The summed E-state index contributed by atoms with van der Waals surface area (Å²) < 4.78 is 0. The number of nitrogens with zero attached hydrogens (tertiary/aromatic N) is 2. The summed E-state index contributed by atoms with van der Waals surface area (Å²) in [4.78, 5) is 18.0. The summed E-state index contributed by atoms with van der Waals surface area (Å²) in [5.74, 6) is 1.04. The summed E-state index contributed by atoms with van der Waals surface area (Å²) in [5.41, 5.74) is 1.20. The first-order valence-electron chi connectivity index (χ1n) is 6.96. The van der Waals surface area contributed by atoms with Crippen LogP contribution in [0, 0.1) is 0 Å². The Labute approximate surface area is 114 Å². The Kier molecular flexibility index (Phi) is 5.15. The molecule has 2 N–H and O–H groups in total. The van der Waals surface area contributed by atoms with Crippen molar-refractivity contribution in [2.24, 2.45) is 0 Å². The smallest absolute Gasteiger partial charge is 0.234 e. The molecular formula is C14H22N4O. The van der Waals surface area contributed by atoms with Crippen LogP contribution in [0.4, 0.5) is 5.82 Å². The molecule has 1 saturated heterocycles. The Hall–Kier alpha value is -1.62. The molecule has 0 aliphatic carbocycles. The topological polar surface area (TPSA) is 57.3 Å². The first-order chi connectivity index (χ1) is 9.28. The van der Waals surface area contributed by atoms with E-state index in [4.69, 9.17) is 0 Å². The van der Waals surface area contributed by atoms with Gasteiger partial charge in [0.15, 0.2) is 0 Å². The molecule has 104 valence electrons. The van der Waals surface area contributed by atoms with Gasteiger partial charge in [0, 0.05) is 32.4 Å². The second-order valence-corrected chi connectivity index (χ2v) is 4.89. The highest BCUT2D eigenvalue weighted by molar-refractivity contribution is 5.78. The van der Waals surface area contributed by atoms with Gasteiger partial charge < -0.3 is 10.6 Å². The molecule has 0 atom stereocenters. The lowest BCUT2D eigenvalue weighted by molar-refractivity contribution is -0.121. The zero-order valence-corrected chi connectivity index (χ0v) is 11.5. The van der Waals surface area contributed by atoms with Gasteiger partial charge in [0.2, 0.25) is 5.91 Å². The molecule has 19 heavy (non-hydrogen) atoms. The quantitative estimate of drug-likeness (QED) is 0.838. The molecule has 1 aromatic rings. The van der Waals surface area contributed by atoms with E-state index in [9.17, 15) is 4.79 Å². The zero-order valence-electron chi connectivity index (χ0n) is 11.5. The standard InChI is InChI=1S/C14H22N4O/c1-2-5-15-13-9-12(4-7-16-13)10-18-8-3-6-17-14(19)11-18/h4,7,9H,2-3,5-6,8,10-11H2,1H3,(H,15,16)(H,17,19). The fourth-order valence-corrected chi connectivity index (χ4v) is 2.18. The molecule has 0 saturated carbocycles. The number of carbonyl (C=O) groups is 1. The number of amides is 1. The summed E-state index contributed by atoms with van der Waals surface area (Å²) >= 11 is 0. The van der Waals surface area contributed by atoms with Gasteiger partial charge in [-0.3, -0.25) is 9.69 Å². The second-order valence-electron chi connectivity index (χ2n) is 4.89. The van der Waals surface area contributed by atoms with Crippen LogP contribution >= 0.6 is 0 Å². The molecule has 5 heteroatoms. The van der Waals surface area contributed by atoms with Crippen molar-refractivity contribution in [2.75, 3.05) is 31.5 Å². The highest BCUT2D eigenvalue weighted by Crippen LogP contribution is 2.10. The van der Waals surface area contributed by atoms with Crippen LogP contribution in [0.1, 0.15) is 25.3 Å². The Morgan fingerprint density at radius 2 is 2.42 bits per heavy atom. The lowest BCUT2D eigenvalue weighted by Crippen LogP contribution is -2.32. The highest BCUT2D eigenvalue weighted by Gasteiger charge is 2.14. The van der Waals surface area contributed by atoms with E-state index in [0.29, 0.717) is 6.54 Å². The summed E-state index contributed by atoms with van der Waals surface area (Å²) in [6.07, 6.45) is 3.92. The molecular weight excluding hydrogens is 240 g/mol. The summed E-state index contributed by atoms with van der Waals surface area (Å²) in [5, 5.41) is 6.18. The molecule has 1 amide bonds. The zero-order chi connectivity index (χ0) is 13.5. The minimum Gasteiger partial charge on any atom is -0.370 e. The third kappa shape index (κ3) is 4.52. The predicted molar refractivity (Wildman–Crippen MR) is 75.9 cm³/mol. The van der Waals surface area contributed by atoms with Gasteiger partial charge in [0.25, 0.3) is 0 Å². The van der Waals surface area contributed by atoms with Crippen molar-refractivity contribution in [2.45, 2.75) is 26.3 Å². The van der Waals surface area contributed by atoms with Crippen LogP contribution in [-0.2, 0) is 11.3 Å². The van der Waals surface area contributed by atoms with E-state index in [2.05, 4.69) is 33.5 Å². The van der Waals surface area contributed by atoms with Crippen molar-refractivity contribution in [3.63, 3.8) is 0 Å². The molecule has 1 fully saturated rings. The van der Waals surface area contributed by atoms with Crippen LogP contribution in [0.15, 0.2) is 18.3 Å². The largest absolute Gasteiger partial charge is 0.370 e. The first kappa shape index (κ1) is 13.8. The van der Waals surface area contributed by atoms with E-state index < -0.39 is 0 Å². The molecule has 2 rings (SSSR count). The van der Waals surface area contributed by atoms with Crippen LogP contribution in [0.2, 0.25) is 0 Å². The summed E-state index contributed by atoms with van der Waals surface area (Å²) in [6.45, 7) is 6.10. The number of hydrogen-bond donors (Lipinski definition) is 2. The van der Waals surface area contributed by atoms with Crippen molar-refractivity contribution >= 4 is 11.7 Å². The lowest BCUT2D eigenvalue weighted by Gasteiger charge is -2.18. The maximum Gasteiger partial charge on any atom is 0.234 e. The second kappa shape index (κ2) is 7.09. The maximum atomic E-state index is 11.5. The predicted octanol–water partition coefficient (Wildman–Crippen LogP) is 1.23. The monoisotopic (exact) mass is 262 g/mol. The molecule has 0 spiro atoms. The lowest BCUT2D eigenvalue weighted by atomic mass is 10.2. The van der Waals surface area contributed by atoms with Crippen molar-refractivity contribution in [1.29, 1.82) is 0 Å². The van der Waals surface area contributed by atoms with Crippen LogP contribution in [0.5, 0.6) is 0 Å². The van der Waals surface area contributed by atoms with Gasteiger partial charge in [-0.05, 0) is 30.5 Å². The molecule has 2 heterocycles. The summed E-state index contributed by atoms with van der Waals surface area (Å²) in [6, 6.07) is 4.08. The molecule has 5 nitrogen and oxygen atoms in total. The van der Waals surface area contributed by atoms with E-state index in [1.165, 1.54) is 5.56 Å². The number of hydrogen-bond acceptors (Lipinski definition) is 4. The number of anilines is 1. The van der Waals surface area contributed by atoms with Crippen molar-refractivity contribution < 1.29 is 4.79 Å². The van der Waals surface area contributed by atoms with Gasteiger partial charge in [-0.2, -0.15) is 0 Å². The van der Waals surface area contributed by atoms with E-state index in [1.54, 1.807) is 0 Å². The van der Waals surface area contributed by atoms with Crippen molar-refractivity contribution in [3.8, 4) is 0 Å². The number of aromatic nitrogens is 1. The summed E-state index contributed by atoms with van der Waals surface area (Å²) in [7, 11) is 0. The van der Waals surface area contributed by atoms with Gasteiger partial charge in [0.1, 0.15) is 5.82 Å². The molecule has 0 bridgehead atoms. The average molecular weight is 262 g/mol. The van der Waals surface area contributed by atoms with Gasteiger partial charge in [-0.1, -0.05) is 6.92 Å². The Morgan fingerprint density at radius 1 is 1.53 bits per heavy atom. The average Bonchev–Trinajstić information content (AvgIpc) is 2.61. The molecule has 1 aliphatic rings. The molecule has 1 aromatic heterocycles. The maximum absolute atomic E-state index is 11.5. The normalized spacial score (nSPS) is 16.8. The SMILES string of the molecule is CCCNc1cc(CN2CCCNC(=O)C2)ccn1. The van der Waals surface area contributed by atoms with Gasteiger partial charge in [0.05, 0.1) is 6.54 Å². The van der Waals surface area contributed by atoms with Crippen LogP contribution < -0.4 is 10.6 Å². The molecule has 0 unspecified atom stereocenters. The van der Waals surface area contributed by atoms with Gasteiger partial charge in [-0.25, -0.2) is 4.98 Å². The minimum atomic E-state index is 0.121. The van der Waals surface area contributed by atoms with Crippen LogP contribution in [0.25, 0.3) is 0 Å². The van der Waals surface area contributed by atoms with Gasteiger partial charge >= 0.3 is 0 Å².